The van der Waals surface area contributed by atoms with Gasteiger partial charge < -0.3 is 10.7 Å². The van der Waals surface area contributed by atoms with E-state index in [-0.39, 0.29) is 0 Å². The summed E-state index contributed by atoms with van der Waals surface area (Å²) in [5, 5.41) is 3.89. The molecule has 0 unspecified atom stereocenters. The SMILES string of the molecule is CSc1nc(NN)cc(Nc2cccc(I)c2)n1. The molecule has 7 heteroatoms. The number of nitrogens with two attached hydrogens (primary N) is 1. The van der Waals surface area contributed by atoms with E-state index in [1.807, 2.05) is 30.5 Å². The number of hydrazine groups is 1. The van der Waals surface area contributed by atoms with Gasteiger partial charge in [0.1, 0.15) is 11.6 Å². The van der Waals surface area contributed by atoms with Crippen LogP contribution >= 0.6 is 34.4 Å². The summed E-state index contributed by atoms with van der Waals surface area (Å²) in [6.45, 7) is 0. The van der Waals surface area contributed by atoms with Gasteiger partial charge in [0, 0.05) is 15.3 Å². The summed E-state index contributed by atoms with van der Waals surface area (Å²) in [4.78, 5) is 8.57. The highest BCUT2D eigenvalue weighted by molar-refractivity contribution is 14.1. The molecule has 18 heavy (non-hydrogen) atoms. The van der Waals surface area contributed by atoms with Crippen molar-refractivity contribution in [1.82, 2.24) is 9.97 Å². The average molecular weight is 373 g/mol. The molecule has 0 atom stereocenters. The first-order valence-corrected chi connectivity index (χ1v) is 7.44. The third-order valence-electron chi connectivity index (χ3n) is 2.13. The zero-order valence-corrected chi connectivity index (χ0v) is 12.6. The lowest BCUT2D eigenvalue weighted by molar-refractivity contribution is 0.971. The van der Waals surface area contributed by atoms with Gasteiger partial charge >= 0.3 is 0 Å². The maximum absolute atomic E-state index is 5.38. The number of nitrogen functional groups attached to an aromatic ring is 1. The Balaban J connectivity index is 2.28. The van der Waals surface area contributed by atoms with E-state index in [1.165, 1.54) is 11.8 Å². The molecule has 0 saturated carbocycles. The van der Waals surface area contributed by atoms with E-state index in [0.29, 0.717) is 16.8 Å². The largest absolute Gasteiger partial charge is 0.340 e. The fraction of sp³-hybridized carbons (Fsp3) is 0.0909. The summed E-state index contributed by atoms with van der Waals surface area (Å²) in [5.41, 5.74) is 3.52. The van der Waals surface area contributed by atoms with Crippen molar-refractivity contribution in [2.45, 2.75) is 5.16 Å². The minimum Gasteiger partial charge on any atom is -0.340 e. The minimum atomic E-state index is 0.586. The van der Waals surface area contributed by atoms with Crippen LogP contribution in [-0.4, -0.2) is 16.2 Å². The standard InChI is InChI=1S/C11H12IN5S/c1-18-11-15-9(6-10(16-11)17-13)14-8-4-2-3-7(12)5-8/h2-6H,13H2,1H3,(H2,14,15,16,17). The molecule has 0 spiro atoms. The lowest BCUT2D eigenvalue weighted by Crippen LogP contribution is -2.10. The summed E-state index contributed by atoms with van der Waals surface area (Å²) in [6, 6.07) is 9.81. The molecule has 0 aliphatic carbocycles. The van der Waals surface area contributed by atoms with Crippen LogP contribution in [-0.2, 0) is 0 Å². The molecule has 0 aliphatic heterocycles. The first kappa shape index (κ1) is 13.4. The van der Waals surface area contributed by atoms with Crippen LogP contribution in [0.5, 0.6) is 0 Å². The van der Waals surface area contributed by atoms with Gasteiger partial charge in [0.05, 0.1) is 0 Å². The molecule has 94 valence electrons. The second-order valence-corrected chi connectivity index (χ2v) is 5.42. The average Bonchev–Trinajstić information content (AvgIpc) is 2.38. The zero-order valence-electron chi connectivity index (χ0n) is 9.64. The molecule has 1 aromatic carbocycles. The molecular formula is C11H12IN5S. The molecule has 2 aromatic rings. The highest BCUT2D eigenvalue weighted by Gasteiger charge is 2.03. The maximum atomic E-state index is 5.38. The third-order valence-corrected chi connectivity index (χ3v) is 3.35. The van der Waals surface area contributed by atoms with Gasteiger partial charge in [-0.15, -0.1) is 0 Å². The van der Waals surface area contributed by atoms with Crippen molar-refractivity contribution < 1.29 is 0 Å². The van der Waals surface area contributed by atoms with E-state index in [4.69, 9.17) is 5.84 Å². The van der Waals surface area contributed by atoms with Crippen molar-refractivity contribution in [2.75, 3.05) is 17.0 Å². The number of nitrogens with one attached hydrogen (secondary N) is 2. The second kappa shape index (κ2) is 6.21. The smallest absolute Gasteiger partial charge is 0.191 e. The fourth-order valence-corrected chi connectivity index (χ4v) is 2.29. The van der Waals surface area contributed by atoms with Crippen LogP contribution in [0.25, 0.3) is 0 Å². The third kappa shape index (κ3) is 3.47. The van der Waals surface area contributed by atoms with Gasteiger partial charge in [-0.1, -0.05) is 17.8 Å². The number of hydrogen-bond acceptors (Lipinski definition) is 6. The topological polar surface area (TPSA) is 75.9 Å². The Kier molecular flexibility index (Phi) is 4.61. The predicted molar refractivity (Wildman–Crippen MR) is 84.1 cm³/mol. The van der Waals surface area contributed by atoms with Crippen molar-refractivity contribution in [3.8, 4) is 0 Å². The van der Waals surface area contributed by atoms with E-state index in [0.717, 1.165) is 9.26 Å². The fourth-order valence-electron chi connectivity index (χ4n) is 1.37. The number of rotatable bonds is 4. The second-order valence-electron chi connectivity index (χ2n) is 3.40. The normalized spacial score (nSPS) is 10.2. The Hall–Kier alpha value is -1.06. The number of thioether (sulfide) groups is 1. The summed E-state index contributed by atoms with van der Waals surface area (Å²) >= 11 is 3.73. The highest BCUT2D eigenvalue weighted by atomic mass is 127. The van der Waals surface area contributed by atoms with E-state index in [2.05, 4.69) is 43.3 Å². The van der Waals surface area contributed by atoms with Gasteiger partial charge in [-0.3, -0.25) is 0 Å². The van der Waals surface area contributed by atoms with Gasteiger partial charge in [0.2, 0.25) is 0 Å². The van der Waals surface area contributed by atoms with Crippen molar-refractivity contribution in [3.05, 3.63) is 33.9 Å². The first-order chi connectivity index (χ1) is 8.71. The van der Waals surface area contributed by atoms with E-state index >= 15 is 0 Å². The highest BCUT2D eigenvalue weighted by Crippen LogP contribution is 2.21. The molecule has 0 amide bonds. The van der Waals surface area contributed by atoms with Crippen molar-refractivity contribution in [2.24, 2.45) is 5.84 Å². The first-order valence-electron chi connectivity index (χ1n) is 5.13. The molecule has 5 nitrogen and oxygen atoms in total. The van der Waals surface area contributed by atoms with Crippen LogP contribution in [0, 0.1) is 3.57 Å². The van der Waals surface area contributed by atoms with Crippen LogP contribution < -0.4 is 16.6 Å². The molecule has 0 aliphatic rings. The number of nitrogens with zero attached hydrogens (tertiary/aromatic N) is 2. The summed E-state index contributed by atoms with van der Waals surface area (Å²) < 4.78 is 1.16. The Morgan fingerprint density at radius 1 is 1.22 bits per heavy atom. The monoisotopic (exact) mass is 373 g/mol. The Morgan fingerprint density at radius 2 is 2.00 bits per heavy atom. The van der Waals surface area contributed by atoms with Crippen LogP contribution in [0.4, 0.5) is 17.3 Å². The lowest BCUT2D eigenvalue weighted by Gasteiger charge is -2.09. The maximum Gasteiger partial charge on any atom is 0.191 e. The van der Waals surface area contributed by atoms with Gasteiger partial charge in [-0.25, -0.2) is 15.8 Å². The van der Waals surface area contributed by atoms with Crippen LogP contribution in [0.2, 0.25) is 0 Å². The lowest BCUT2D eigenvalue weighted by atomic mass is 10.3. The molecule has 1 aromatic heterocycles. The van der Waals surface area contributed by atoms with Crippen molar-refractivity contribution >= 4 is 51.7 Å². The van der Waals surface area contributed by atoms with Gasteiger partial charge in [-0.2, -0.15) is 0 Å². The molecule has 0 fully saturated rings. The Labute approximate surface area is 123 Å². The predicted octanol–water partition coefficient (Wildman–Crippen LogP) is 2.83. The van der Waals surface area contributed by atoms with Crippen LogP contribution in [0.3, 0.4) is 0 Å². The van der Waals surface area contributed by atoms with E-state index in [1.54, 1.807) is 6.07 Å². The number of halogens is 1. The molecule has 2 rings (SSSR count). The van der Waals surface area contributed by atoms with Crippen LogP contribution in [0.1, 0.15) is 0 Å². The van der Waals surface area contributed by atoms with Crippen LogP contribution in [0.15, 0.2) is 35.5 Å². The molecular weight excluding hydrogens is 361 g/mol. The van der Waals surface area contributed by atoms with Gasteiger partial charge in [0.25, 0.3) is 0 Å². The molecule has 1 heterocycles. The van der Waals surface area contributed by atoms with E-state index in [9.17, 15) is 0 Å². The van der Waals surface area contributed by atoms with Gasteiger partial charge in [-0.05, 0) is 47.0 Å². The molecule has 0 saturated heterocycles. The summed E-state index contributed by atoms with van der Waals surface area (Å²) in [5.74, 6) is 6.68. The quantitative estimate of drug-likeness (QED) is 0.252. The Morgan fingerprint density at radius 3 is 2.67 bits per heavy atom. The van der Waals surface area contributed by atoms with Gasteiger partial charge in [0.15, 0.2) is 5.16 Å². The summed E-state index contributed by atoms with van der Waals surface area (Å²) in [7, 11) is 0. The minimum absolute atomic E-state index is 0.586. The number of anilines is 3. The number of hydrogen-bond donors (Lipinski definition) is 3. The zero-order chi connectivity index (χ0) is 13.0. The van der Waals surface area contributed by atoms with Crippen molar-refractivity contribution in [3.63, 3.8) is 0 Å². The summed E-state index contributed by atoms with van der Waals surface area (Å²) in [6.07, 6.45) is 1.92. The molecule has 0 bridgehead atoms. The number of benzene rings is 1. The molecule has 4 N–H and O–H groups in total. The Bertz CT molecular complexity index is 526. The van der Waals surface area contributed by atoms with E-state index < -0.39 is 0 Å². The van der Waals surface area contributed by atoms with Crippen molar-refractivity contribution in [1.29, 1.82) is 0 Å². The molecule has 0 radical (unpaired) electrons. The number of aromatic nitrogens is 2.